The highest BCUT2D eigenvalue weighted by atomic mass is 35.5. The molecule has 1 aromatic heterocycles. The maximum absolute atomic E-state index is 6.29. The molecule has 0 spiro atoms. The lowest BCUT2D eigenvalue weighted by Crippen LogP contribution is -2.20. The van der Waals surface area contributed by atoms with Gasteiger partial charge in [0.15, 0.2) is 10.9 Å². The van der Waals surface area contributed by atoms with Crippen LogP contribution in [0, 0.1) is 0 Å². The first-order chi connectivity index (χ1) is 12.6. The van der Waals surface area contributed by atoms with Gasteiger partial charge in [0.2, 0.25) is 0 Å². The molecule has 0 radical (unpaired) electrons. The Kier molecular flexibility index (Phi) is 6.14. The van der Waals surface area contributed by atoms with Crippen LogP contribution < -0.4 is 10.6 Å². The summed E-state index contributed by atoms with van der Waals surface area (Å²) in [5.74, 6) is 0.505. The van der Waals surface area contributed by atoms with Gasteiger partial charge in [-0.25, -0.2) is 0 Å². The van der Waals surface area contributed by atoms with E-state index in [4.69, 9.17) is 35.4 Å². The van der Waals surface area contributed by atoms with E-state index >= 15 is 0 Å². The van der Waals surface area contributed by atoms with Gasteiger partial charge < -0.3 is 10.6 Å². The molecule has 26 heavy (non-hydrogen) atoms. The minimum absolute atomic E-state index is 0.441. The topological polar surface area (TPSA) is 41.9 Å². The molecule has 4 nitrogen and oxygen atoms in total. The van der Waals surface area contributed by atoms with Crippen LogP contribution in [0.2, 0.25) is 10.0 Å². The Bertz CT molecular complexity index is 923. The molecule has 0 atom stereocenters. The van der Waals surface area contributed by atoms with E-state index in [0.29, 0.717) is 27.5 Å². The standard InChI is InChI=1S/C19H18Cl2N4S/c1-2-13-7-4-6-10-17(13)22-19(26)23-18-16(21)12-25(24-18)11-14-8-3-5-9-15(14)20/h3-10,12H,2,11H2,1H3,(H2,22,23,24,26). The highest BCUT2D eigenvalue weighted by molar-refractivity contribution is 7.80. The van der Waals surface area contributed by atoms with Crippen LogP contribution in [0.25, 0.3) is 0 Å². The Labute approximate surface area is 168 Å². The van der Waals surface area contributed by atoms with E-state index in [1.807, 2.05) is 42.5 Å². The largest absolute Gasteiger partial charge is 0.332 e. The number of halogens is 2. The number of nitrogens with zero attached hydrogens (tertiary/aromatic N) is 2. The van der Waals surface area contributed by atoms with E-state index in [1.54, 1.807) is 10.9 Å². The smallest absolute Gasteiger partial charge is 0.176 e. The fraction of sp³-hybridized carbons (Fsp3) is 0.158. The number of anilines is 2. The fourth-order valence-electron chi connectivity index (χ4n) is 2.58. The number of thiocarbonyl (C=S) groups is 1. The van der Waals surface area contributed by atoms with Crippen molar-refractivity contribution in [3.05, 3.63) is 75.9 Å². The maximum Gasteiger partial charge on any atom is 0.176 e. The van der Waals surface area contributed by atoms with Crippen LogP contribution in [-0.2, 0) is 13.0 Å². The summed E-state index contributed by atoms with van der Waals surface area (Å²) in [4.78, 5) is 0. The summed E-state index contributed by atoms with van der Waals surface area (Å²) in [5.41, 5.74) is 3.13. The lowest BCUT2D eigenvalue weighted by Gasteiger charge is -2.12. The van der Waals surface area contributed by atoms with Gasteiger partial charge in [-0.3, -0.25) is 4.68 Å². The van der Waals surface area contributed by atoms with Crippen molar-refractivity contribution in [2.24, 2.45) is 0 Å². The van der Waals surface area contributed by atoms with Gasteiger partial charge in [0.1, 0.15) is 5.02 Å². The van der Waals surface area contributed by atoms with Crippen molar-refractivity contribution in [2.75, 3.05) is 10.6 Å². The molecule has 0 saturated heterocycles. The highest BCUT2D eigenvalue weighted by Gasteiger charge is 2.11. The predicted molar refractivity (Wildman–Crippen MR) is 113 cm³/mol. The maximum atomic E-state index is 6.29. The van der Waals surface area contributed by atoms with Gasteiger partial charge in [0.05, 0.1) is 6.54 Å². The average molecular weight is 405 g/mol. The van der Waals surface area contributed by atoms with Crippen LogP contribution in [0.15, 0.2) is 54.7 Å². The van der Waals surface area contributed by atoms with Crippen LogP contribution in [0.5, 0.6) is 0 Å². The van der Waals surface area contributed by atoms with Crippen molar-refractivity contribution < 1.29 is 0 Å². The zero-order valence-corrected chi connectivity index (χ0v) is 16.5. The summed E-state index contributed by atoms with van der Waals surface area (Å²) in [6, 6.07) is 15.7. The van der Waals surface area contributed by atoms with Crippen molar-refractivity contribution >= 4 is 52.0 Å². The van der Waals surface area contributed by atoms with Gasteiger partial charge in [-0.05, 0) is 41.9 Å². The second-order valence-electron chi connectivity index (χ2n) is 5.70. The Morgan fingerprint density at radius 1 is 1.00 bits per heavy atom. The normalized spacial score (nSPS) is 10.6. The van der Waals surface area contributed by atoms with Gasteiger partial charge in [-0.2, -0.15) is 5.10 Å². The lowest BCUT2D eigenvalue weighted by atomic mass is 10.1. The summed E-state index contributed by atoms with van der Waals surface area (Å²) >= 11 is 17.9. The molecule has 134 valence electrons. The molecular formula is C19H18Cl2N4S. The predicted octanol–water partition coefficient (Wildman–Crippen LogP) is 5.61. The fourth-order valence-corrected chi connectivity index (χ4v) is 3.18. The number of aryl methyl sites for hydroxylation is 1. The first-order valence-corrected chi connectivity index (χ1v) is 9.35. The number of benzene rings is 2. The van der Waals surface area contributed by atoms with Gasteiger partial charge in [0.25, 0.3) is 0 Å². The van der Waals surface area contributed by atoms with Crippen molar-refractivity contribution in [1.82, 2.24) is 9.78 Å². The Balaban J connectivity index is 1.69. The molecule has 2 N–H and O–H groups in total. The quantitative estimate of drug-likeness (QED) is 0.542. The third-order valence-electron chi connectivity index (χ3n) is 3.89. The van der Waals surface area contributed by atoms with Crippen LogP contribution in [0.3, 0.4) is 0 Å². The Morgan fingerprint density at radius 3 is 2.42 bits per heavy atom. The number of hydrogen-bond acceptors (Lipinski definition) is 2. The van der Waals surface area contributed by atoms with E-state index in [2.05, 4.69) is 28.7 Å². The van der Waals surface area contributed by atoms with E-state index in [-0.39, 0.29) is 0 Å². The summed E-state index contributed by atoms with van der Waals surface area (Å²) in [7, 11) is 0. The average Bonchev–Trinajstić information content (AvgIpc) is 2.96. The van der Waals surface area contributed by atoms with Gasteiger partial charge in [0, 0.05) is 16.9 Å². The molecule has 0 saturated carbocycles. The summed E-state index contributed by atoms with van der Waals surface area (Å²) in [6.45, 7) is 2.63. The molecule has 0 unspecified atom stereocenters. The van der Waals surface area contributed by atoms with E-state index in [0.717, 1.165) is 17.7 Å². The zero-order chi connectivity index (χ0) is 18.5. The van der Waals surface area contributed by atoms with Gasteiger partial charge in [-0.15, -0.1) is 0 Å². The number of nitrogens with one attached hydrogen (secondary N) is 2. The molecule has 3 rings (SSSR count). The first-order valence-electron chi connectivity index (χ1n) is 8.19. The lowest BCUT2D eigenvalue weighted by molar-refractivity contribution is 0.690. The molecule has 7 heteroatoms. The van der Waals surface area contributed by atoms with E-state index < -0.39 is 0 Å². The summed E-state index contributed by atoms with van der Waals surface area (Å²) in [5, 5.41) is 12.3. The summed E-state index contributed by atoms with van der Waals surface area (Å²) in [6.07, 6.45) is 2.66. The summed E-state index contributed by atoms with van der Waals surface area (Å²) < 4.78 is 1.73. The Hall–Kier alpha value is -2.08. The monoisotopic (exact) mass is 404 g/mol. The van der Waals surface area contributed by atoms with Crippen LogP contribution >= 0.6 is 35.4 Å². The second kappa shape index (κ2) is 8.54. The zero-order valence-electron chi connectivity index (χ0n) is 14.2. The number of aromatic nitrogens is 2. The molecule has 0 aliphatic rings. The molecule has 0 amide bonds. The third-order valence-corrected chi connectivity index (χ3v) is 4.74. The molecular weight excluding hydrogens is 387 g/mol. The van der Waals surface area contributed by atoms with Crippen LogP contribution in [0.1, 0.15) is 18.1 Å². The Morgan fingerprint density at radius 2 is 1.69 bits per heavy atom. The van der Waals surface area contributed by atoms with Gasteiger partial charge >= 0.3 is 0 Å². The second-order valence-corrected chi connectivity index (χ2v) is 6.93. The number of hydrogen-bond donors (Lipinski definition) is 2. The molecule has 0 bridgehead atoms. The van der Waals surface area contributed by atoms with Crippen molar-refractivity contribution in [3.8, 4) is 0 Å². The van der Waals surface area contributed by atoms with Crippen molar-refractivity contribution in [3.63, 3.8) is 0 Å². The number of para-hydroxylation sites is 1. The van der Waals surface area contributed by atoms with Gasteiger partial charge in [-0.1, -0.05) is 66.5 Å². The van der Waals surface area contributed by atoms with Crippen LogP contribution in [0.4, 0.5) is 11.5 Å². The third kappa shape index (κ3) is 4.55. The molecule has 2 aromatic carbocycles. The first kappa shape index (κ1) is 18.7. The highest BCUT2D eigenvalue weighted by Crippen LogP contribution is 2.23. The SMILES string of the molecule is CCc1ccccc1NC(=S)Nc1nn(Cc2ccccc2Cl)cc1Cl. The van der Waals surface area contributed by atoms with E-state index in [9.17, 15) is 0 Å². The molecule has 3 aromatic rings. The molecule has 0 fully saturated rings. The van der Waals surface area contributed by atoms with Crippen molar-refractivity contribution in [2.45, 2.75) is 19.9 Å². The molecule has 0 aliphatic carbocycles. The van der Waals surface area contributed by atoms with E-state index in [1.165, 1.54) is 5.56 Å². The minimum atomic E-state index is 0.441. The minimum Gasteiger partial charge on any atom is -0.332 e. The number of rotatable bonds is 5. The molecule has 0 aliphatic heterocycles. The van der Waals surface area contributed by atoms with Crippen molar-refractivity contribution in [1.29, 1.82) is 0 Å². The molecule has 1 heterocycles. The van der Waals surface area contributed by atoms with Crippen LogP contribution in [-0.4, -0.2) is 14.9 Å².